The van der Waals surface area contributed by atoms with E-state index in [4.69, 9.17) is 5.73 Å². The molecule has 0 radical (unpaired) electrons. The van der Waals surface area contributed by atoms with Gasteiger partial charge >= 0.3 is 0 Å². The number of hydrogen-bond donors (Lipinski definition) is 3. The molecule has 1 saturated heterocycles. The van der Waals surface area contributed by atoms with Gasteiger partial charge in [-0.15, -0.1) is 0 Å². The molecular weight excluding hydrogens is 430 g/mol. The Labute approximate surface area is 200 Å². The van der Waals surface area contributed by atoms with Gasteiger partial charge in [0.05, 0.1) is 12.6 Å². The van der Waals surface area contributed by atoms with Gasteiger partial charge in [-0.2, -0.15) is 5.26 Å². The molecule has 2 atom stereocenters. The van der Waals surface area contributed by atoms with Crippen LogP contribution in [0, 0.1) is 17.2 Å². The van der Waals surface area contributed by atoms with Gasteiger partial charge in [0.2, 0.25) is 0 Å². The Kier molecular flexibility index (Phi) is 8.50. The second-order valence-electron chi connectivity index (χ2n) is 8.67. The van der Waals surface area contributed by atoms with E-state index in [0.29, 0.717) is 50.7 Å². The average molecular weight is 464 g/mol. The first-order chi connectivity index (χ1) is 16.4. The zero-order chi connectivity index (χ0) is 24.6. The predicted octanol–water partition coefficient (Wildman–Crippen LogP) is 2.57. The minimum absolute atomic E-state index is 0.0661. The first kappa shape index (κ1) is 25.1. The van der Waals surface area contributed by atoms with Crippen LogP contribution >= 0.6 is 0 Å². The SMILES string of the molecule is CCCC(C#N)CC(O)(C(=O)N1CCN(C(N)=NCc2ccc(O)cc2)CC1)c1ccccc1. The number of guanidine groups is 1. The highest BCUT2D eigenvalue weighted by molar-refractivity contribution is 5.87. The number of benzene rings is 2. The number of nitriles is 1. The molecule has 0 bridgehead atoms. The molecule has 1 aliphatic heterocycles. The van der Waals surface area contributed by atoms with Gasteiger partial charge in [-0.1, -0.05) is 55.8 Å². The average Bonchev–Trinajstić information content (AvgIpc) is 2.88. The van der Waals surface area contributed by atoms with Crippen LogP contribution in [0.3, 0.4) is 0 Å². The van der Waals surface area contributed by atoms with Crippen molar-refractivity contribution in [3.63, 3.8) is 0 Å². The van der Waals surface area contributed by atoms with Crippen LogP contribution in [-0.4, -0.2) is 58.1 Å². The third kappa shape index (κ3) is 6.06. The van der Waals surface area contributed by atoms with Crippen molar-refractivity contribution in [3.05, 3.63) is 65.7 Å². The minimum Gasteiger partial charge on any atom is -0.508 e. The molecule has 2 aromatic rings. The maximum atomic E-state index is 13.6. The number of rotatable bonds is 8. The number of phenolic OH excluding ortho intramolecular Hbond substituents is 1. The zero-order valence-electron chi connectivity index (χ0n) is 19.6. The molecule has 0 aliphatic carbocycles. The Bertz CT molecular complexity index is 1010. The van der Waals surface area contributed by atoms with Crippen molar-refractivity contribution in [2.45, 2.75) is 38.3 Å². The fraction of sp³-hybridized carbons (Fsp3) is 0.423. The maximum Gasteiger partial charge on any atom is 0.259 e. The van der Waals surface area contributed by atoms with Crippen LogP contribution in [0.2, 0.25) is 0 Å². The number of phenols is 1. The van der Waals surface area contributed by atoms with E-state index in [2.05, 4.69) is 11.1 Å². The molecule has 1 fully saturated rings. The molecule has 0 spiro atoms. The number of piperazine rings is 1. The van der Waals surface area contributed by atoms with Gasteiger partial charge in [-0.3, -0.25) is 4.79 Å². The summed E-state index contributed by atoms with van der Waals surface area (Å²) in [4.78, 5) is 21.6. The number of aliphatic hydroxyl groups is 1. The lowest BCUT2D eigenvalue weighted by atomic mass is 9.82. The van der Waals surface area contributed by atoms with Crippen LogP contribution in [0.25, 0.3) is 0 Å². The summed E-state index contributed by atoms with van der Waals surface area (Å²) >= 11 is 0. The molecule has 1 amide bonds. The van der Waals surface area contributed by atoms with Gasteiger partial charge in [0, 0.05) is 38.5 Å². The topological polar surface area (TPSA) is 126 Å². The number of hydrogen-bond acceptors (Lipinski definition) is 5. The fourth-order valence-electron chi connectivity index (χ4n) is 4.23. The van der Waals surface area contributed by atoms with Gasteiger partial charge in [0.25, 0.3) is 5.91 Å². The van der Waals surface area contributed by atoms with E-state index in [-0.39, 0.29) is 18.1 Å². The van der Waals surface area contributed by atoms with E-state index in [1.807, 2.05) is 17.9 Å². The number of nitrogens with zero attached hydrogens (tertiary/aromatic N) is 4. The lowest BCUT2D eigenvalue weighted by Gasteiger charge is -2.40. The number of carbonyl (C=O) groups excluding carboxylic acids is 1. The van der Waals surface area contributed by atoms with Crippen LogP contribution in [0.1, 0.15) is 37.3 Å². The molecule has 8 nitrogen and oxygen atoms in total. The molecule has 0 saturated carbocycles. The normalized spacial score (nSPS) is 17.0. The van der Waals surface area contributed by atoms with Crippen molar-refractivity contribution < 1.29 is 15.0 Å². The molecule has 2 unspecified atom stereocenters. The van der Waals surface area contributed by atoms with Crippen LogP contribution in [0.15, 0.2) is 59.6 Å². The Hall–Kier alpha value is -3.57. The van der Waals surface area contributed by atoms with Crippen molar-refractivity contribution in [1.29, 1.82) is 5.26 Å². The summed E-state index contributed by atoms with van der Waals surface area (Å²) in [5, 5.41) is 30.6. The molecule has 34 heavy (non-hydrogen) atoms. The molecule has 1 heterocycles. The summed E-state index contributed by atoms with van der Waals surface area (Å²) in [5.74, 6) is -0.198. The quantitative estimate of drug-likeness (QED) is 0.408. The monoisotopic (exact) mass is 463 g/mol. The number of nitrogens with two attached hydrogens (primary N) is 1. The highest BCUT2D eigenvalue weighted by atomic mass is 16.3. The zero-order valence-corrected chi connectivity index (χ0v) is 19.6. The number of carbonyl (C=O) groups is 1. The fourth-order valence-corrected chi connectivity index (χ4v) is 4.23. The number of aliphatic imine (C=N–C) groups is 1. The van der Waals surface area contributed by atoms with E-state index in [1.54, 1.807) is 53.4 Å². The summed E-state index contributed by atoms with van der Waals surface area (Å²) in [6.07, 6.45) is 1.50. The molecule has 0 aromatic heterocycles. The van der Waals surface area contributed by atoms with Gasteiger partial charge in [-0.25, -0.2) is 4.99 Å². The summed E-state index contributed by atoms with van der Waals surface area (Å²) in [5.41, 5.74) is 5.87. The van der Waals surface area contributed by atoms with Crippen molar-refractivity contribution in [2.75, 3.05) is 26.2 Å². The predicted molar refractivity (Wildman–Crippen MR) is 131 cm³/mol. The second-order valence-corrected chi connectivity index (χ2v) is 8.67. The molecule has 2 aromatic carbocycles. The third-order valence-electron chi connectivity index (χ3n) is 6.22. The lowest BCUT2D eigenvalue weighted by Crippen LogP contribution is -2.57. The van der Waals surface area contributed by atoms with Gasteiger partial charge in [0.1, 0.15) is 5.75 Å². The highest BCUT2D eigenvalue weighted by Crippen LogP contribution is 2.33. The Morgan fingerprint density at radius 2 is 1.74 bits per heavy atom. The van der Waals surface area contributed by atoms with Crippen molar-refractivity contribution in [2.24, 2.45) is 16.6 Å². The van der Waals surface area contributed by atoms with Gasteiger partial charge < -0.3 is 25.7 Å². The summed E-state index contributed by atoms with van der Waals surface area (Å²) < 4.78 is 0. The molecular formula is C26H33N5O3. The standard InChI is InChI=1S/C26H33N5O3/c1-2-6-21(18-27)17-26(34,22-7-4-3-5-8-22)24(33)30-13-15-31(16-14-30)25(28)29-19-20-9-11-23(32)12-10-20/h3-5,7-12,21,32,34H,2,6,13-17,19H2,1H3,(H2,28,29). The second kappa shape index (κ2) is 11.5. The van der Waals surface area contributed by atoms with Crippen molar-refractivity contribution >= 4 is 11.9 Å². The summed E-state index contributed by atoms with van der Waals surface area (Å²) in [6.45, 7) is 4.17. The largest absolute Gasteiger partial charge is 0.508 e. The molecule has 180 valence electrons. The first-order valence-corrected chi connectivity index (χ1v) is 11.7. The van der Waals surface area contributed by atoms with Crippen LogP contribution in [-0.2, 0) is 16.9 Å². The molecule has 4 N–H and O–H groups in total. The van der Waals surface area contributed by atoms with Crippen LogP contribution < -0.4 is 5.73 Å². The summed E-state index contributed by atoms with van der Waals surface area (Å²) in [7, 11) is 0. The van der Waals surface area contributed by atoms with Gasteiger partial charge in [-0.05, 0) is 29.7 Å². The lowest BCUT2D eigenvalue weighted by molar-refractivity contribution is -0.155. The molecule has 3 rings (SSSR count). The van der Waals surface area contributed by atoms with E-state index >= 15 is 0 Å². The molecule has 8 heteroatoms. The first-order valence-electron chi connectivity index (χ1n) is 11.7. The van der Waals surface area contributed by atoms with E-state index in [1.165, 1.54) is 0 Å². The smallest absolute Gasteiger partial charge is 0.259 e. The Morgan fingerprint density at radius 3 is 2.32 bits per heavy atom. The van der Waals surface area contributed by atoms with E-state index in [0.717, 1.165) is 12.0 Å². The maximum absolute atomic E-state index is 13.6. The highest BCUT2D eigenvalue weighted by Gasteiger charge is 2.43. The molecule has 1 aliphatic rings. The van der Waals surface area contributed by atoms with Crippen LogP contribution in [0.4, 0.5) is 0 Å². The van der Waals surface area contributed by atoms with Crippen molar-refractivity contribution in [3.8, 4) is 11.8 Å². The van der Waals surface area contributed by atoms with Crippen LogP contribution in [0.5, 0.6) is 5.75 Å². The Balaban J connectivity index is 1.68. The van der Waals surface area contributed by atoms with Crippen molar-refractivity contribution in [1.82, 2.24) is 9.80 Å². The minimum atomic E-state index is -1.75. The Morgan fingerprint density at radius 1 is 1.12 bits per heavy atom. The van der Waals surface area contributed by atoms with Gasteiger partial charge in [0.15, 0.2) is 11.6 Å². The summed E-state index contributed by atoms with van der Waals surface area (Å²) in [6, 6.07) is 17.9. The number of amides is 1. The van der Waals surface area contributed by atoms with E-state index in [9.17, 15) is 20.3 Å². The number of aromatic hydroxyl groups is 1. The third-order valence-corrected chi connectivity index (χ3v) is 6.22. The van der Waals surface area contributed by atoms with E-state index < -0.39 is 11.5 Å².